The van der Waals surface area contributed by atoms with Crippen molar-refractivity contribution in [3.8, 4) is 0 Å². The summed E-state index contributed by atoms with van der Waals surface area (Å²) in [5.74, 6) is 0. The standard InChI is InChI=1S/K.Na.2H2O4S.2H/c;;2*1-5(2,3)4;;/h;;2*(H2,1,2,3,4);;/q2*+1;;;2*-1. The van der Waals surface area contributed by atoms with Crippen LogP contribution in [0.15, 0.2) is 0 Å². The normalized spacial score (nSPS) is 9.67. The van der Waals surface area contributed by atoms with Crippen molar-refractivity contribution >= 4 is 20.8 Å². The molecule has 0 radical (unpaired) electrons. The van der Waals surface area contributed by atoms with E-state index in [1.165, 1.54) is 0 Å². The maximum absolute atomic E-state index is 8.74. The van der Waals surface area contributed by atoms with E-state index < -0.39 is 20.8 Å². The van der Waals surface area contributed by atoms with Crippen LogP contribution >= 0.6 is 0 Å². The zero-order valence-corrected chi connectivity index (χ0v) is 13.0. The Morgan fingerprint density at radius 2 is 0.750 bits per heavy atom. The molecule has 0 aromatic carbocycles. The molecule has 0 aliphatic heterocycles. The maximum atomic E-state index is 8.74. The van der Waals surface area contributed by atoms with Crippen molar-refractivity contribution in [1.82, 2.24) is 0 Å². The van der Waals surface area contributed by atoms with Crippen LogP contribution in [-0.2, 0) is 20.8 Å². The number of hydrogen-bond acceptors (Lipinski definition) is 4. The fourth-order valence-corrected chi connectivity index (χ4v) is 0. The minimum absolute atomic E-state index is 0. The number of hydrogen-bond donors (Lipinski definition) is 4. The Kier molecular flexibility index (Phi) is 19.7. The Morgan fingerprint density at radius 3 is 0.750 bits per heavy atom. The van der Waals surface area contributed by atoms with E-state index in [2.05, 4.69) is 0 Å². The maximum Gasteiger partial charge on any atom is 1.00 e. The summed E-state index contributed by atoms with van der Waals surface area (Å²) < 4.78 is 63.2. The second-order valence-electron chi connectivity index (χ2n) is 0.896. The molecule has 0 bridgehead atoms. The molecule has 0 saturated carbocycles. The average molecular weight is 260 g/mol. The molecule has 0 aromatic heterocycles. The Morgan fingerprint density at radius 1 is 0.750 bits per heavy atom. The van der Waals surface area contributed by atoms with Gasteiger partial charge in [0.2, 0.25) is 0 Å². The molecule has 0 rings (SSSR count). The summed E-state index contributed by atoms with van der Waals surface area (Å²) in [6.07, 6.45) is 0. The van der Waals surface area contributed by atoms with Gasteiger partial charge in [-0.05, 0) is 0 Å². The third-order valence-corrected chi connectivity index (χ3v) is 0. The van der Waals surface area contributed by atoms with Gasteiger partial charge in [0.05, 0.1) is 0 Å². The third-order valence-electron chi connectivity index (χ3n) is 0. The van der Waals surface area contributed by atoms with Crippen LogP contribution in [0.25, 0.3) is 0 Å². The van der Waals surface area contributed by atoms with E-state index in [4.69, 9.17) is 35.0 Å². The van der Waals surface area contributed by atoms with Crippen LogP contribution in [0.1, 0.15) is 2.85 Å². The van der Waals surface area contributed by atoms with Crippen molar-refractivity contribution in [2.75, 3.05) is 0 Å². The van der Waals surface area contributed by atoms with Gasteiger partial charge in [-0.1, -0.05) is 0 Å². The van der Waals surface area contributed by atoms with E-state index in [0.29, 0.717) is 0 Å². The molecule has 4 N–H and O–H groups in total. The minimum Gasteiger partial charge on any atom is -1.00 e. The zero-order valence-electron chi connectivity index (χ0n) is 8.24. The first kappa shape index (κ1) is 23.9. The van der Waals surface area contributed by atoms with E-state index in [1.807, 2.05) is 0 Å². The molecule has 12 heteroatoms. The van der Waals surface area contributed by atoms with Crippen molar-refractivity contribution < 1.29 is 119 Å². The smallest absolute Gasteiger partial charge is 1.00 e. The van der Waals surface area contributed by atoms with Crippen molar-refractivity contribution in [3.05, 3.63) is 0 Å². The molecule has 68 valence electrons. The van der Waals surface area contributed by atoms with Gasteiger partial charge in [-0.3, -0.25) is 18.2 Å². The van der Waals surface area contributed by atoms with E-state index in [1.54, 1.807) is 0 Å². The van der Waals surface area contributed by atoms with Gasteiger partial charge in [0, 0.05) is 0 Å². The Labute approximate surface area is 137 Å². The van der Waals surface area contributed by atoms with Gasteiger partial charge in [0.1, 0.15) is 0 Å². The fraction of sp³-hybridized carbons (Fsp3) is 0. The molecule has 0 saturated heterocycles. The monoisotopic (exact) mass is 260 g/mol. The van der Waals surface area contributed by atoms with Crippen LogP contribution in [0.2, 0.25) is 0 Å². The topological polar surface area (TPSA) is 149 Å². The van der Waals surface area contributed by atoms with E-state index in [9.17, 15) is 0 Å². The quantitative estimate of drug-likeness (QED) is 0.248. The molecule has 0 aliphatic carbocycles. The predicted octanol–water partition coefficient (Wildman–Crippen LogP) is -7.07. The van der Waals surface area contributed by atoms with Crippen LogP contribution in [-0.4, -0.2) is 35.0 Å². The molecule has 0 heterocycles. The first-order chi connectivity index (χ1) is 4.00. The third kappa shape index (κ3) is 284. The van der Waals surface area contributed by atoms with Gasteiger partial charge in [-0.2, -0.15) is 16.8 Å². The fourth-order valence-electron chi connectivity index (χ4n) is 0. The van der Waals surface area contributed by atoms with Gasteiger partial charge in [0.15, 0.2) is 0 Å². The van der Waals surface area contributed by atoms with Crippen LogP contribution in [0, 0.1) is 0 Å². The molecule has 0 aromatic rings. The summed E-state index contributed by atoms with van der Waals surface area (Å²) in [6, 6.07) is 0. The first-order valence-electron chi connectivity index (χ1n) is 1.40. The van der Waals surface area contributed by atoms with Crippen LogP contribution in [0.4, 0.5) is 0 Å². The first-order valence-corrected chi connectivity index (χ1v) is 4.19. The van der Waals surface area contributed by atoms with Crippen molar-refractivity contribution in [2.24, 2.45) is 0 Å². The van der Waals surface area contributed by atoms with E-state index in [0.717, 1.165) is 0 Å². The summed E-state index contributed by atoms with van der Waals surface area (Å²) in [7, 11) is -9.33. The predicted molar refractivity (Wildman–Crippen MR) is 30.6 cm³/mol. The summed E-state index contributed by atoms with van der Waals surface area (Å²) >= 11 is 0. The van der Waals surface area contributed by atoms with E-state index in [-0.39, 0.29) is 83.8 Å². The molecule has 12 heavy (non-hydrogen) atoms. The second-order valence-corrected chi connectivity index (χ2v) is 2.69. The average Bonchev–Trinajstić information content (AvgIpc) is 1.12. The Balaban J connectivity index is -0.0000000178. The van der Waals surface area contributed by atoms with Crippen LogP contribution in [0.3, 0.4) is 0 Å². The van der Waals surface area contributed by atoms with Gasteiger partial charge >= 0.3 is 102 Å². The summed E-state index contributed by atoms with van der Waals surface area (Å²) in [5.41, 5.74) is 0. The summed E-state index contributed by atoms with van der Waals surface area (Å²) in [4.78, 5) is 0. The van der Waals surface area contributed by atoms with Crippen molar-refractivity contribution in [1.29, 1.82) is 0 Å². The molecular weight excluding hydrogens is 254 g/mol. The molecule has 8 nitrogen and oxygen atoms in total. The molecule has 0 fully saturated rings. The Hall–Kier alpha value is 2.38. The summed E-state index contributed by atoms with van der Waals surface area (Å²) in [5, 5.41) is 0. The number of rotatable bonds is 0. The van der Waals surface area contributed by atoms with Crippen LogP contribution < -0.4 is 80.9 Å². The van der Waals surface area contributed by atoms with Gasteiger partial charge < -0.3 is 2.85 Å². The molecular formula is H6KNaO8S2. The molecule has 0 aliphatic rings. The summed E-state index contributed by atoms with van der Waals surface area (Å²) in [6.45, 7) is 0. The van der Waals surface area contributed by atoms with Crippen molar-refractivity contribution in [2.45, 2.75) is 0 Å². The minimum atomic E-state index is -4.67. The molecule has 0 atom stereocenters. The zero-order chi connectivity index (χ0) is 9.00. The van der Waals surface area contributed by atoms with Crippen LogP contribution in [0.5, 0.6) is 0 Å². The van der Waals surface area contributed by atoms with E-state index >= 15 is 0 Å². The van der Waals surface area contributed by atoms with Gasteiger partial charge in [-0.15, -0.1) is 0 Å². The molecule has 0 unspecified atom stereocenters. The van der Waals surface area contributed by atoms with Crippen molar-refractivity contribution in [3.63, 3.8) is 0 Å². The van der Waals surface area contributed by atoms with Gasteiger partial charge in [-0.25, -0.2) is 0 Å². The second kappa shape index (κ2) is 9.91. The molecule has 0 spiro atoms. The SMILES string of the molecule is O=S(=O)(O)O.O=S(=O)(O)O.[H-].[H-].[K+].[Na+]. The molecule has 0 amide bonds. The largest absolute Gasteiger partial charge is 1.00 e. The van der Waals surface area contributed by atoms with Gasteiger partial charge in [0.25, 0.3) is 0 Å². The Bertz CT molecular complexity index is 222.